The minimum atomic E-state index is -0.0745. The zero-order valence-corrected chi connectivity index (χ0v) is 13.7. The largest absolute Gasteiger partial charge is 0.416 e. The van der Waals surface area contributed by atoms with Gasteiger partial charge < -0.3 is 9.73 Å². The second kappa shape index (κ2) is 7.08. The molecule has 5 nitrogen and oxygen atoms in total. The molecule has 3 aromatic rings. The van der Waals surface area contributed by atoms with Crippen molar-refractivity contribution in [1.82, 2.24) is 15.5 Å². The van der Waals surface area contributed by atoms with Crippen LogP contribution in [0, 0.1) is 6.92 Å². The molecule has 0 fully saturated rings. The average Bonchev–Trinajstić information content (AvgIpc) is 3.10. The molecule has 5 heteroatoms. The lowest BCUT2D eigenvalue weighted by molar-refractivity contribution is 0.0953. The number of rotatable bonds is 5. The zero-order chi connectivity index (χ0) is 16.9. The minimum Gasteiger partial charge on any atom is -0.416 e. The average molecular weight is 321 g/mol. The lowest BCUT2D eigenvalue weighted by Gasteiger charge is -2.03. The van der Waals surface area contributed by atoms with Gasteiger partial charge in [0, 0.05) is 23.2 Å². The number of nitrogens with zero attached hydrogens (tertiary/aromatic N) is 2. The van der Waals surface area contributed by atoms with Crippen LogP contribution < -0.4 is 5.32 Å². The number of carbonyl (C=O) groups is 1. The number of aryl methyl sites for hydroxylation is 1. The molecule has 0 spiro atoms. The van der Waals surface area contributed by atoms with Gasteiger partial charge in [-0.1, -0.05) is 25.1 Å². The molecular formula is C19H19N3O2. The predicted molar refractivity (Wildman–Crippen MR) is 92.5 cm³/mol. The van der Waals surface area contributed by atoms with Crippen LogP contribution in [0.15, 0.2) is 52.9 Å². The van der Waals surface area contributed by atoms with Crippen molar-refractivity contribution >= 4 is 5.91 Å². The Morgan fingerprint density at radius 1 is 1.04 bits per heavy atom. The van der Waals surface area contributed by atoms with E-state index in [2.05, 4.69) is 15.5 Å². The van der Waals surface area contributed by atoms with E-state index in [1.54, 1.807) is 12.1 Å². The first kappa shape index (κ1) is 15.9. The first-order valence-electron chi connectivity index (χ1n) is 7.97. The molecule has 0 radical (unpaired) electrons. The summed E-state index contributed by atoms with van der Waals surface area (Å²) in [6.07, 6.45) is 0.910. The van der Waals surface area contributed by atoms with Gasteiger partial charge in [-0.15, -0.1) is 10.2 Å². The van der Waals surface area contributed by atoms with Crippen LogP contribution >= 0.6 is 0 Å². The Kier molecular flexibility index (Phi) is 4.70. The molecule has 0 saturated heterocycles. The van der Waals surface area contributed by atoms with Gasteiger partial charge in [0.15, 0.2) is 0 Å². The fraction of sp³-hybridized carbons (Fsp3) is 0.211. The van der Waals surface area contributed by atoms with Crippen LogP contribution in [0.3, 0.4) is 0 Å². The normalized spacial score (nSPS) is 10.6. The summed E-state index contributed by atoms with van der Waals surface area (Å²) in [5.74, 6) is 0.858. The van der Waals surface area contributed by atoms with Gasteiger partial charge in [0.2, 0.25) is 11.8 Å². The summed E-state index contributed by atoms with van der Waals surface area (Å²) in [6.45, 7) is 4.69. The number of carbonyl (C=O) groups excluding carboxylic acids is 1. The maximum Gasteiger partial charge on any atom is 0.251 e. The number of hydrogen-bond acceptors (Lipinski definition) is 4. The van der Waals surface area contributed by atoms with Crippen molar-refractivity contribution in [1.29, 1.82) is 0 Å². The summed E-state index contributed by atoms with van der Waals surface area (Å²) in [4.78, 5) is 11.9. The molecule has 1 aromatic heterocycles. The Bertz CT molecular complexity index is 838. The summed E-state index contributed by atoms with van der Waals surface area (Å²) >= 11 is 0. The highest BCUT2D eigenvalue weighted by Gasteiger charge is 2.12. The van der Waals surface area contributed by atoms with E-state index in [0.29, 0.717) is 23.9 Å². The van der Waals surface area contributed by atoms with Crippen LogP contribution in [-0.2, 0) is 0 Å². The van der Waals surface area contributed by atoms with E-state index in [9.17, 15) is 4.79 Å². The molecule has 0 atom stereocenters. The van der Waals surface area contributed by atoms with Crippen molar-refractivity contribution in [3.63, 3.8) is 0 Å². The van der Waals surface area contributed by atoms with Crippen LogP contribution in [0.4, 0.5) is 0 Å². The van der Waals surface area contributed by atoms with Gasteiger partial charge in [-0.25, -0.2) is 0 Å². The lowest BCUT2D eigenvalue weighted by atomic mass is 10.1. The van der Waals surface area contributed by atoms with E-state index in [-0.39, 0.29) is 5.91 Å². The van der Waals surface area contributed by atoms with E-state index in [1.165, 1.54) is 0 Å². The zero-order valence-electron chi connectivity index (χ0n) is 13.7. The molecule has 0 aliphatic heterocycles. The van der Waals surface area contributed by atoms with Gasteiger partial charge in [0.05, 0.1) is 0 Å². The topological polar surface area (TPSA) is 68.0 Å². The Morgan fingerprint density at radius 3 is 2.46 bits per heavy atom. The van der Waals surface area contributed by atoms with Crippen molar-refractivity contribution in [2.24, 2.45) is 0 Å². The first-order chi connectivity index (χ1) is 11.7. The molecule has 0 bridgehead atoms. The number of nitrogens with one attached hydrogen (secondary N) is 1. The highest BCUT2D eigenvalue weighted by atomic mass is 16.4. The molecule has 122 valence electrons. The third kappa shape index (κ3) is 3.35. The van der Waals surface area contributed by atoms with Crippen molar-refractivity contribution in [2.75, 3.05) is 6.54 Å². The van der Waals surface area contributed by atoms with Crippen LogP contribution in [0.5, 0.6) is 0 Å². The molecule has 1 heterocycles. The maximum atomic E-state index is 11.9. The van der Waals surface area contributed by atoms with E-state index in [4.69, 9.17) is 4.42 Å². The molecular weight excluding hydrogens is 302 g/mol. The molecule has 3 rings (SSSR count). The fourth-order valence-corrected chi connectivity index (χ4v) is 2.37. The number of amides is 1. The highest BCUT2D eigenvalue weighted by molar-refractivity contribution is 5.94. The van der Waals surface area contributed by atoms with Gasteiger partial charge in [-0.2, -0.15) is 0 Å². The van der Waals surface area contributed by atoms with Crippen molar-refractivity contribution < 1.29 is 9.21 Å². The smallest absolute Gasteiger partial charge is 0.251 e. The molecule has 0 aliphatic carbocycles. The maximum absolute atomic E-state index is 11.9. The van der Waals surface area contributed by atoms with E-state index >= 15 is 0 Å². The second-order valence-corrected chi connectivity index (χ2v) is 5.56. The summed E-state index contributed by atoms with van der Waals surface area (Å²) in [5.41, 5.74) is 3.41. The number of aromatic nitrogens is 2. The highest BCUT2D eigenvalue weighted by Crippen LogP contribution is 2.26. The molecule has 0 aliphatic rings. The molecule has 2 aromatic carbocycles. The molecule has 24 heavy (non-hydrogen) atoms. The Morgan fingerprint density at radius 2 is 1.75 bits per heavy atom. The third-order valence-electron chi connectivity index (χ3n) is 3.73. The van der Waals surface area contributed by atoms with Crippen LogP contribution in [0.2, 0.25) is 0 Å². The Balaban J connectivity index is 1.81. The van der Waals surface area contributed by atoms with E-state index < -0.39 is 0 Å². The second-order valence-electron chi connectivity index (χ2n) is 5.56. The van der Waals surface area contributed by atoms with Gasteiger partial charge in [0.25, 0.3) is 5.91 Å². The van der Waals surface area contributed by atoms with Gasteiger partial charge in [0.1, 0.15) is 0 Å². The lowest BCUT2D eigenvalue weighted by Crippen LogP contribution is -2.23. The third-order valence-corrected chi connectivity index (χ3v) is 3.73. The monoisotopic (exact) mass is 321 g/mol. The summed E-state index contributed by atoms with van der Waals surface area (Å²) in [5, 5.41) is 11.1. The predicted octanol–water partition coefficient (Wildman–Crippen LogP) is 3.85. The SMILES string of the molecule is CCCNC(=O)c1ccc(-c2nnc(-c3ccccc3C)o2)cc1. The van der Waals surface area contributed by atoms with Crippen LogP contribution in [0.1, 0.15) is 29.3 Å². The minimum absolute atomic E-state index is 0.0745. The van der Waals surface area contributed by atoms with Crippen molar-refractivity contribution in [2.45, 2.75) is 20.3 Å². The van der Waals surface area contributed by atoms with E-state index in [0.717, 1.165) is 23.1 Å². The van der Waals surface area contributed by atoms with E-state index in [1.807, 2.05) is 50.2 Å². The van der Waals surface area contributed by atoms with Gasteiger partial charge in [-0.05, 0) is 49.2 Å². The standard InChI is InChI=1S/C19H19N3O2/c1-3-12-20-17(23)14-8-10-15(11-9-14)18-21-22-19(24-18)16-7-5-4-6-13(16)2/h4-11H,3,12H2,1-2H3,(H,20,23). The summed E-state index contributed by atoms with van der Waals surface area (Å²) < 4.78 is 5.78. The summed E-state index contributed by atoms with van der Waals surface area (Å²) in [7, 11) is 0. The van der Waals surface area contributed by atoms with Gasteiger partial charge >= 0.3 is 0 Å². The summed E-state index contributed by atoms with van der Waals surface area (Å²) in [6, 6.07) is 15.0. The fourth-order valence-electron chi connectivity index (χ4n) is 2.37. The molecule has 1 amide bonds. The Labute approximate surface area is 140 Å². The molecule has 0 unspecified atom stereocenters. The van der Waals surface area contributed by atoms with Gasteiger partial charge in [-0.3, -0.25) is 4.79 Å². The van der Waals surface area contributed by atoms with Crippen LogP contribution in [0.25, 0.3) is 22.9 Å². The van der Waals surface area contributed by atoms with Crippen molar-refractivity contribution in [3.05, 3.63) is 59.7 Å². The quantitative estimate of drug-likeness (QED) is 0.775. The molecule has 1 N–H and O–H groups in total. The van der Waals surface area contributed by atoms with Crippen LogP contribution in [-0.4, -0.2) is 22.6 Å². The Hall–Kier alpha value is -2.95. The molecule has 0 saturated carbocycles. The first-order valence-corrected chi connectivity index (χ1v) is 7.97. The number of benzene rings is 2. The van der Waals surface area contributed by atoms with Crippen molar-refractivity contribution in [3.8, 4) is 22.9 Å². The number of hydrogen-bond donors (Lipinski definition) is 1.